The average molecular weight is 306 g/mol. The summed E-state index contributed by atoms with van der Waals surface area (Å²) in [4.78, 5) is 7.33. The number of nitrogens with two attached hydrogens (primary N) is 1. The molecule has 1 unspecified atom stereocenters. The second-order valence-corrected chi connectivity index (χ2v) is 6.45. The molecule has 0 bridgehead atoms. The molecule has 2 heterocycles. The van der Waals surface area contributed by atoms with Gasteiger partial charge in [0.15, 0.2) is 0 Å². The molecule has 8 heteroatoms. The number of benzene rings is 1. The van der Waals surface area contributed by atoms with Crippen LogP contribution < -0.4 is 15.2 Å². The van der Waals surface area contributed by atoms with Gasteiger partial charge in [-0.3, -0.25) is 0 Å². The zero-order chi connectivity index (χ0) is 14.9. The second kappa shape index (κ2) is 5.30. The van der Waals surface area contributed by atoms with Crippen LogP contribution in [-0.4, -0.2) is 31.0 Å². The zero-order valence-corrected chi connectivity index (χ0v) is 11.9. The van der Waals surface area contributed by atoms with E-state index in [0.29, 0.717) is 6.42 Å². The summed E-state index contributed by atoms with van der Waals surface area (Å²) in [7, 11) is -3.66. The van der Waals surface area contributed by atoms with Crippen LogP contribution in [0.5, 0.6) is 5.75 Å². The maximum Gasteiger partial charge on any atom is 0.243 e. The van der Waals surface area contributed by atoms with Gasteiger partial charge in [-0.1, -0.05) is 18.2 Å². The Morgan fingerprint density at radius 2 is 2.00 bits per heavy atom. The first-order chi connectivity index (χ1) is 10.0. The number of sulfonamides is 1. The summed E-state index contributed by atoms with van der Waals surface area (Å²) in [6.07, 6.45) is 2.81. The molecule has 110 valence electrons. The lowest BCUT2D eigenvalue weighted by Gasteiger charge is -2.12. The number of nitrogen functional groups attached to an aromatic ring is 1. The van der Waals surface area contributed by atoms with Crippen molar-refractivity contribution in [2.24, 2.45) is 0 Å². The summed E-state index contributed by atoms with van der Waals surface area (Å²) in [6, 6.07) is 7.66. The third kappa shape index (κ3) is 2.96. The molecule has 0 fully saturated rings. The molecule has 7 nitrogen and oxygen atoms in total. The Hall–Kier alpha value is -2.19. The number of nitrogens with one attached hydrogen (secondary N) is 1. The summed E-state index contributed by atoms with van der Waals surface area (Å²) < 4.78 is 32.3. The molecule has 1 aromatic heterocycles. The monoisotopic (exact) mass is 306 g/mol. The summed E-state index contributed by atoms with van der Waals surface area (Å²) in [5.41, 5.74) is 6.42. The van der Waals surface area contributed by atoms with Crippen LogP contribution in [0.15, 0.2) is 41.6 Å². The smallest absolute Gasteiger partial charge is 0.243 e. The molecule has 0 aliphatic carbocycles. The Bertz CT molecular complexity index is 721. The van der Waals surface area contributed by atoms with E-state index >= 15 is 0 Å². The van der Waals surface area contributed by atoms with Crippen molar-refractivity contribution >= 4 is 16.0 Å². The third-order valence-corrected chi connectivity index (χ3v) is 4.55. The zero-order valence-electron chi connectivity index (χ0n) is 11.1. The Kier molecular flexibility index (Phi) is 3.48. The number of nitrogens with zero attached hydrogens (tertiary/aromatic N) is 2. The summed E-state index contributed by atoms with van der Waals surface area (Å²) in [6.45, 7) is 0.182. The minimum Gasteiger partial charge on any atom is -0.488 e. The molecule has 1 aliphatic heterocycles. The number of para-hydroxylation sites is 1. The number of ether oxygens (including phenoxy) is 1. The standard InChI is InChI=1S/C13H14N4O3S/c14-13-15-7-11(8-16-13)21(18,19)17-6-10-5-9-3-1-2-4-12(9)20-10/h1-4,7-8,10,17H,5-6H2,(H2,14,15,16). The Morgan fingerprint density at radius 1 is 1.29 bits per heavy atom. The van der Waals surface area contributed by atoms with Crippen molar-refractivity contribution in [2.75, 3.05) is 12.3 Å². The van der Waals surface area contributed by atoms with Crippen LogP contribution in [0.2, 0.25) is 0 Å². The molecule has 0 radical (unpaired) electrons. The van der Waals surface area contributed by atoms with Gasteiger partial charge in [0.2, 0.25) is 16.0 Å². The maximum absolute atomic E-state index is 12.1. The normalized spacial score (nSPS) is 17.2. The lowest BCUT2D eigenvalue weighted by Crippen LogP contribution is -2.34. The third-order valence-electron chi connectivity index (χ3n) is 3.17. The lowest BCUT2D eigenvalue weighted by molar-refractivity contribution is 0.236. The van der Waals surface area contributed by atoms with E-state index in [2.05, 4.69) is 14.7 Å². The summed E-state index contributed by atoms with van der Waals surface area (Å²) in [5, 5.41) is 0. The van der Waals surface area contributed by atoms with E-state index in [9.17, 15) is 8.42 Å². The molecule has 21 heavy (non-hydrogen) atoms. The highest BCUT2D eigenvalue weighted by Gasteiger charge is 2.24. The first kappa shape index (κ1) is 13.8. The molecular weight excluding hydrogens is 292 g/mol. The minimum atomic E-state index is -3.66. The molecule has 0 saturated heterocycles. The first-order valence-electron chi connectivity index (χ1n) is 6.36. The van der Waals surface area contributed by atoms with Gasteiger partial charge in [0.05, 0.1) is 12.4 Å². The van der Waals surface area contributed by atoms with Crippen LogP contribution in [0, 0.1) is 0 Å². The van der Waals surface area contributed by atoms with Gasteiger partial charge in [-0.05, 0) is 11.6 Å². The van der Waals surface area contributed by atoms with E-state index in [1.54, 1.807) is 0 Å². The van der Waals surface area contributed by atoms with E-state index in [4.69, 9.17) is 10.5 Å². The number of aromatic nitrogens is 2. The predicted octanol–water partition coefficient (Wildman–Crippen LogP) is 0.341. The van der Waals surface area contributed by atoms with Gasteiger partial charge in [0, 0.05) is 13.0 Å². The molecule has 2 aromatic rings. The van der Waals surface area contributed by atoms with Gasteiger partial charge < -0.3 is 10.5 Å². The molecule has 3 N–H and O–H groups in total. The van der Waals surface area contributed by atoms with Crippen molar-refractivity contribution in [2.45, 2.75) is 17.4 Å². The van der Waals surface area contributed by atoms with Crippen molar-refractivity contribution in [1.82, 2.24) is 14.7 Å². The largest absolute Gasteiger partial charge is 0.488 e. The fourth-order valence-electron chi connectivity index (χ4n) is 2.12. The Labute approximate surface area is 122 Å². The van der Waals surface area contributed by atoms with Gasteiger partial charge in [0.1, 0.15) is 16.7 Å². The molecule has 0 amide bonds. The van der Waals surface area contributed by atoms with Crippen LogP contribution in [0.4, 0.5) is 5.95 Å². The molecule has 0 saturated carbocycles. The van der Waals surface area contributed by atoms with Crippen molar-refractivity contribution in [1.29, 1.82) is 0 Å². The number of hydrogen-bond acceptors (Lipinski definition) is 6. The van der Waals surface area contributed by atoms with Crippen LogP contribution in [0.25, 0.3) is 0 Å². The molecular formula is C13H14N4O3S. The summed E-state index contributed by atoms with van der Waals surface area (Å²) >= 11 is 0. The number of rotatable bonds is 4. The topological polar surface area (TPSA) is 107 Å². The average Bonchev–Trinajstić information content (AvgIpc) is 2.89. The van der Waals surface area contributed by atoms with E-state index in [-0.39, 0.29) is 23.5 Å². The van der Waals surface area contributed by atoms with Gasteiger partial charge in [0.25, 0.3) is 0 Å². The highest BCUT2D eigenvalue weighted by Crippen LogP contribution is 2.27. The van der Waals surface area contributed by atoms with Crippen molar-refractivity contribution in [3.05, 3.63) is 42.2 Å². The van der Waals surface area contributed by atoms with Crippen LogP contribution in [0.1, 0.15) is 5.56 Å². The molecule has 1 atom stereocenters. The molecule has 0 spiro atoms. The van der Waals surface area contributed by atoms with E-state index < -0.39 is 10.0 Å². The maximum atomic E-state index is 12.1. The van der Waals surface area contributed by atoms with E-state index in [0.717, 1.165) is 11.3 Å². The van der Waals surface area contributed by atoms with Crippen molar-refractivity contribution in [3.8, 4) is 5.75 Å². The van der Waals surface area contributed by atoms with Gasteiger partial charge in [-0.25, -0.2) is 23.1 Å². The van der Waals surface area contributed by atoms with E-state index in [1.165, 1.54) is 12.4 Å². The Balaban J connectivity index is 1.65. The second-order valence-electron chi connectivity index (χ2n) is 4.68. The highest BCUT2D eigenvalue weighted by molar-refractivity contribution is 7.89. The SMILES string of the molecule is Nc1ncc(S(=O)(=O)NCC2Cc3ccccc3O2)cn1. The Morgan fingerprint density at radius 3 is 2.71 bits per heavy atom. The number of fused-ring (bicyclic) bond motifs is 1. The first-order valence-corrected chi connectivity index (χ1v) is 7.85. The quantitative estimate of drug-likeness (QED) is 0.843. The van der Waals surface area contributed by atoms with Gasteiger partial charge in [-0.15, -0.1) is 0 Å². The van der Waals surface area contributed by atoms with E-state index in [1.807, 2.05) is 24.3 Å². The van der Waals surface area contributed by atoms with Gasteiger partial charge >= 0.3 is 0 Å². The molecule has 3 rings (SSSR count). The van der Waals surface area contributed by atoms with Crippen molar-refractivity contribution < 1.29 is 13.2 Å². The van der Waals surface area contributed by atoms with Crippen LogP contribution in [0.3, 0.4) is 0 Å². The van der Waals surface area contributed by atoms with Gasteiger partial charge in [-0.2, -0.15) is 0 Å². The molecule has 1 aliphatic rings. The fourth-order valence-corrected chi connectivity index (χ4v) is 3.07. The van der Waals surface area contributed by atoms with Crippen LogP contribution in [-0.2, 0) is 16.4 Å². The number of anilines is 1. The predicted molar refractivity (Wildman–Crippen MR) is 76.2 cm³/mol. The molecule has 1 aromatic carbocycles. The fraction of sp³-hybridized carbons (Fsp3) is 0.231. The van der Waals surface area contributed by atoms with Crippen LogP contribution >= 0.6 is 0 Å². The minimum absolute atomic E-state index is 0.0211. The van der Waals surface area contributed by atoms with Crippen molar-refractivity contribution in [3.63, 3.8) is 0 Å². The number of hydrogen-bond donors (Lipinski definition) is 2. The lowest BCUT2D eigenvalue weighted by atomic mass is 10.1. The summed E-state index contributed by atoms with van der Waals surface area (Å²) in [5.74, 6) is 0.834. The highest BCUT2D eigenvalue weighted by atomic mass is 32.2.